The van der Waals surface area contributed by atoms with Gasteiger partial charge in [-0.25, -0.2) is 0 Å². The normalized spacial score (nSPS) is 9.64. The van der Waals surface area contributed by atoms with Gasteiger partial charge in [0.25, 0.3) is 0 Å². The molecule has 1 aromatic carbocycles. The third-order valence-corrected chi connectivity index (χ3v) is 2.50. The fourth-order valence-electron chi connectivity index (χ4n) is 1.09. The van der Waals surface area contributed by atoms with E-state index in [9.17, 15) is 0 Å². The van der Waals surface area contributed by atoms with E-state index in [1.54, 1.807) is 11.8 Å². The monoisotopic (exact) mass is 164 g/mol. The number of rotatable bonds is 2. The first-order valence-electron chi connectivity index (χ1n) is 3.55. The Kier molecular flexibility index (Phi) is 2.77. The lowest BCUT2D eigenvalue weighted by Crippen LogP contribution is -1.82. The Hall–Kier alpha value is -0.690. The molecular weight excluding hydrogens is 152 g/mol. The minimum absolute atomic E-state index is 1.26. The largest absolute Gasteiger partial charge is 0.129 e. The molecule has 1 heteroatoms. The van der Waals surface area contributed by atoms with Crippen LogP contribution >= 0.6 is 11.8 Å². The van der Waals surface area contributed by atoms with Gasteiger partial charge in [0.05, 0.1) is 0 Å². The molecular formula is C10H12S. The zero-order chi connectivity index (χ0) is 8.27. The Morgan fingerprint density at radius 1 is 1.45 bits per heavy atom. The summed E-state index contributed by atoms with van der Waals surface area (Å²) in [7, 11) is 0. The van der Waals surface area contributed by atoms with Gasteiger partial charge in [-0.15, -0.1) is 11.8 Å². The third-order valence-electron chi connectivity index (χ3n) is 1.71. The van der Waals surface area contributed by atoms with Crippen molar-refractivity contribution in [2.24, 2.45) is 0 Å². The Morgan fingerprint density at radius 3 is 2.64 bits per heavy atom. The van der Waals surface area contributed by atoms with Gasteiger partial charge < -0.3 is 0 Å². The van der Waals surface area contributed by atoms with Crippen molar-refractivity contribution < 1.29 is 0 Å². The molecule has 58 valence electrons. The molecule has 0 aliphatic rings. The summed E-state index contributed by atoms with van der Waals surface area (Å²) >= 11 is 1.76. The smallest absolute Gasteiger partial charge is 0.0144 e. The minimum Gasteiger partial charge on any atom is -0.129 e. The van der Waals surface area contributed by atoms with E-state index in [0.717, 1.165) is 0 Å². The average molecular weight is 164 g/mol. The van der Waals surface area contributed by atoms with Crippen molar-refractivity contribution in [3.63, 3.8) is 0 Å². The number of thioether (sulfide) groups is 1. The van der Waals surface area contributed by atoms with Gasteiger partial charge in [0.2, 0.25) is 0 Å². The van der Waals surface area contributed by atoms with Gasteiger partial charge in [-0.2, -0.15) is 0 Å². The zero-order valence-corrected chi connectivity index (χ0v) is 7.74. The van der Waals surface area contributed by atoms with Crippen molar-refractivity contribution in [3.8, 4) is 0 Å². The fraction of sp³-hybridized carbons (Fsp3) is 0.200. The predicted molar refractivity (Wildman–Crippen MR) is 53.1 cm³/mol. The fourth-order valence-corrected chi connectivity index (χ4v) is 1.77. The Morgan fingerprint density at radius 2 is 2.18 bits per heavy atom. The van der Waals surface area contributed by atoms with Gasteiger partial charge in [0, 0.05) is 4.90 Å². The van der Waals surface area contributed by atoms with Crippen molar-refractivity contribution in [2.45, 2.75) is 11.8 Å². The van der Waals surface area contributed by atoms with Crippen molar-refractivity contribution in [1.29, 1.82) is 0 Å². The molecule has 1 rings (SSSR count). The second kappa shape index (κ2) is 3.63. The first-order valence-corrected chi connectivity index (χ1v) is 4.78. The maximum absolute atomic E-state index is 3.79. The number of hydrogen-bond donors (Lipinski definition) is 0. The molecule has 0 spiro atoms. The summed E-state index contributed by atoms with van der Waals surface area (Å²) in [4.78, 5) is 1.31. The summed E-state index contributed by atoms with van der Waals surface area (Å²) < 4.78 is 0. The lowest BCUT2D eigenvalue weighted by molar-refractivity contribution is 1.33. The number of aryl methyl sites for hydroxylation is 1. The molecule has 0 aliphatic heterocycles. The van der Waals surface area contributed by atoms with E-state index in [1.807, 2.05) is 6.08 Å². The van der Waals surface area contributed by atoms with E-state index in [0.29, 0.717) is 0 Å². The second-order valence-electron chi connectivity index (χ2n) is 2.39. The maximum atomic E-state index is 3.79. The zero-order valence-electron chi connectivity index (χ0n) is 6.92. The first-order chi connectivity index (χ1) is 5.29. The maximum Gasteiger partial charge on any atom is 0.0144 e. The van der Waals surface area contributed by atoms with E-state index in [2.05, 4.69) is 38.0 Å². The highest BCUT2D eigenvalue weighted by atomic mass is 32.2. The van der Waals surface area contributed by atoms with Gasteiger partial charge in [-0.1, -0.05) is 24.8 Å². The molecule has 0 amide bonds. The summed E-state index contributed by atoms with van der Waals surface area (Å²) in [5.74, 6) is 0. The van der Waals surface area contributed by atoms with Gasteiger partial charge in [0.1, 0.15) is 0 Å². The second-order valence-corrected chi connectivity index (χ2v) is 3.24. The van der Waals surface area contributed by atoms with Crippen molar-refractivity contribution in [1.82, 2.24) is 0 Å². The van der Waals surface area contributed by atoms with Crippen LogP contribution in [0.5, 0.6) is 0 Å². The average Bonchev–Trinajstić information content (AvgIpc) is 2.04. The molecule has 0 nitrogen and oxygen atoms in total. The van der Waals surface area contributed by atoms with Gasteiger partial charge >= 0.3 is 0 Å². The summed E-state index contributed by atoms with van der Waals surface area (Å²) in [5.41, 5.74) is 2.56. The molecule has 0 radical (unpaired) electrons. The minimum atomic E-state index is 1.26. The van der Waals surface area contributed by atoms with Crippen LogP contribution < -0.4 is 0 Å². The van der Waals surface area contributed by atoms with E-state index in [4.69, 9.17) is 0 Å². The lowest BCUT2D eigenvalue weighted by atomic mass is 10.1. The van der Waals surface area contributed by atoms with Gasteiger partial charge in [-0.05, 0) is 30.4 Å². The number of hydrogen-bond acceptors (Lipinski definition) is 1. The summed E-state index contributed by atoms with van der Waals surface area (Å²) in [6.07, 6.45) is 4.00. The highest BCUT2D eigenvalue weighted by Gasteiger charge is 1.98. The Balaban J connectivity index is 3.24. The molecule has 11 heavy (non-hydrogen) atoms. The Bertz CT molecular complexity index is 264. The standard InChI is InChI=1S/C10H12S/c1-4-9-8(2)6-5-7-10(9)11-3/h4-7H,1H2,2-3H3. The van der Waals surface area contributed by atoms with Gasteiger partial charge in [-0.3, -0.25) is 0 Å². The molecule has 0 saturated heterocycles. The van der Waals surface area contributed by atoms with Crippen LogP contribution in [-0.4, -0.2) is 6.26 Å². The van der Waals surface area contributed by atoms with Gasteiger partial charge in [0.15, 0.2) is 0 Å². The Labute approximate surface area is 72.3 Å². The van der Waals surface area contributed by atoms with Crippen molar-refractivity contribution in [2.75, 3.05) is 6.26 Å². The first kappa shape index (κ1) is 8.41. The molecule has 1 aromatic rings. The molecule has 0 fully saturated rings. The molecule has 0 aliphatic carbocycles. The summed E-state index contributed by atoms with van der Waals surface area (Å²) in [5, 5.41) is 0. The topological polar surface area (TPSA) is 0 Å². The van der Waals surface area contributed by atoms with E-state index >= 15 is 0 Å². The highest BCUT2D eigenvalue weighted by Crippen LogP contribution is 2.23. The molecule has 0 bridgehead atoms. The van der Waals surface area contributed by atoms with Crippen LogP contribution in [0.15, 0.2) is 29.7 Å². The van der Waals surface area contributed by atoms with Crippen LogP contribution in [0, 0.1) is 6.92 Å². The van der Waals surface area contributed by atoms with Crippen molar-refractivity contribution in [3.05, 3.63) is 35.9 Å². The van der Waals surface area contributed by atoms with Crippen LogP contribution in [0.2, 0.25) is 0 Å². The predicted octanol–water partition coefficient (Wildman–Crippen LogP) is 3.36. The SMILES string of the molecule is C=Cc1c(C)cccc1SC. The lowest BCUT2D eigenvalue weighted by Gasteiger charge is -2.04. The molecule has 0 atom stereocenters. The van der Waals surface area contributed by atoms with Crippen LogP contribution in [0.1, 0.15) is 11.1 Å². The van der Waals surface area contributed by atoms with Crippen LogP contribution in [0.3, 0.4) is 0 Å². The molecule has 0 unspecified atom stereocenters. The van der Waals surface area contributed by atoms with Crippen molar-refractivity contribution >= 4 is 17.8 Å². The van der Waals surface area contributed by atoms with E-state index in [-0.39, 0.29) is 0 Å². The third kappa shape index (κ3) is 1.66. The van der Waals surface area contributed by atoms with Crippen LogP contribution in [-0.2, 0) is 0 Å². The molecule has 0 aromatic heterocycles. The molecule has 0 heterocycles. The molecule has 0 N–H and O–H groups in total. The van der Waals surface area contributed by atoms with E-state index in [1.165, 1.54) is 16.0 Å². The quantitative estimate of drug-likeness (QED) is 0.604. The highest BCUT2D eigenvalue weighted by molar-refractivity contribution is 7.98. The number of benzene rings is 1. The summed E-state index contributed by atoms with van der Waals surface area (Å²) in [6, 6.07) is 6.31. The van der Waals surface area contributed by atoms with Crippen LogP contribution in [0.25, 0.3) is 6.08 Å². The van der Waals surface area contributed by atoms with Crippen LogP contribution in [0.4, 0.5) is 0 Å². The summed E-state index contributed by atoms with van der Waals surface area (Å²) in [6.45, 7) is 5.89. The molecule has 0 saturated carbocycles. The van der Waals surface area contributed by atoms with E-state index < -0.39 is 0 Å².